The van der Waals surface area contributed by atoms with Crippen LogP contribution in [0, 0.1) is 0 Å². The summed E-state index contributed by atoms with van der Waals surface area (Å²) in [6.45, 7) is 4.95. The molecule has 1 N–H and O–H groups in total. The molecule has 0 aromatic heterocycles. The molecular formula is C15H21BrN2O. The van der Waals surface area contributed by atoms with E-state index in [-0.39, 0.29) is 5.91 Å². The number of benzene rings is 1. The zero-order chi connectivity index (χ0) is 13.7. The van der Waals surface area contributed by atoms with E-state index in [4.69, 9.17) is 0 Å². The van der Waals surface area contributed by atoms with Gasteiger partial charge in [0, 0.05) is 29.2 Å². The molecule has 1 fully saturated rings. The number of hydrogen-bond acceptors (Lipinski definition) is 2. The van der Waals surface area contributed by atoms with Crippen LogP contribution in [0.15, 0.2) is 28.7 Å². The molecule has 19 heavy (non-hydrogen) atoms. The second-order valence-electron chi connectivity index (χ2n) is 5.01. The van der Waals surface area contributed by atoms with E-state index < -0.39 is 0 Å². The number of nitrogens with one attached hydrogen (secondary N) is 1. The van der Waals surface area contributed by atoms with Gasteiger partial charge in [0.25, 0.3) is 5.91 Å². The Morgan fingerprint density at radius 2 is 2.16 bits per heavy atom. The summed E-state index contributed by atoms with van der Waals surface area (Å²) in [5.74, 6) is 0.156. The molecule has 4 heteroatoms. The average molecular weight is 325 g/mol. The highest BCUT2D eigenvalue weighted by atomic mass is 79.9. The van der Waals surface area contributed by atoms with Gasteiger partial charge < -0.3 is 10.2 Å². The molecular weight excluding hydrogens is 304 g/mol. The van der Waals surface area contributed by atoms with Gasteiger partial charge in [-0.25, -0.2) is 0 Å². The van der Waals surface area contributed by atoms with Crippen molar-refractivity contribution in [2.24, 2.45) is 0 Å². The number of amides is 1. The molecule has 1 atom stereocenters. The number of halogens is 1. The quantitative estimate of drug-likeness (QED) is 0.923. The van der Waals surface area contributed by atoms with Gasteiger partial charge in [0.05, 0.1) is 0 Å². The summed E-state index contributed by atoms with van der Waals surface area (Å²) in [5, 5.41) is 3.39. The number of piperidine rings is 1. The molecule has 0 bridgehead atoms. The molecule has 1 saturated heterocycles. The van der Waals surface area contributed by atoms with E-state index in [1.807, 2.05) is 29.2 Å². The Bertz CT molecular complexity index is 413. The fourth-order valence-corrected chi connectivity index (χ4v) is 2.81. The smallest absolute Gasteiger partial charge is 0.254 e. The first kappa shape index (κ1) is 14.5. The highest BCUT2D eigenvalue weighted by molar-refractivity contribution is 9.10. The number of rotatable bonds is 4. The predicted octanol–water partition coefficient (Wildman–Crippen LogP) is 3.05. The fourth-order valence-electron chi connectivity index (χ4n) is 2.55. The summed E-state index contributed by atoms with van der Waals surface area (Å²) in [6, 6.07) is 7.98. The third-order valence-electron chi connectivity index (χ3n) is 3.53. The van der Waals surface area contributed by atoms with Crippen molar-refractivity contribution in [1.82, 2.24) is 10.2 Å². The molecule has 1 aliphatic rings. The normalized spacial score (nSPS) is 19.2. The van der Waals surface area contributed by atoms with Crippen molar-refractivity contribution in [3.63, 3.8) is 0 Å². The van der Waals surface area contributed by atoms with Gasteiger partial charge in [-0.1, -0.05) is 22.9 Å². The molecule has 1 unspecified atom stereocenters. The van der Waals surface area contributed by atoms with Gasteiger partial charge in [-0.15, -0.1) is 0 Å². The molecule has 2 rings (SSSR count). The van der Waals surface area contributed by atoms with Crippen molar-refractivity contribution in [1.29, 1.82) is 0 Å². The fraction of sp³-hybridized carbons (Fsp3) is 0.533. The third-order valence-corrected chi connectivity index (χ3v) is 4.06. The van der Waals surface area contributed by atoms with Crippen molar-refractivity contribution >= 4 is 21.8 Å². The number of hydrogen-bond donors (Lipinski definition) is 1. The van der Waals surface area contributed by atoms with Gasteiger partial charge >= 0.3 is 0 Å². The zero-order valence-corrected chi connectivity index (χ0v) is 12.9. The van der Waals surface area contributed by atoms with Crippen molar-refractivity contribution in [2.45, 2.75) is 32.2 Å². The van der Waals surface area contributed by atoms with Crippen LogP contribution in [-0.2, 0) is 0 Å². The second kappa shape index (κ2) is 7.06. The first-order valence-electron chi connectivity index (χ1n) is 6.99. The summed E-state index contributed by atoms with van der Waals surface area (Å²) >= 11 is 3.40. The van der Waals surface area contributed by atoms with Gasteiger partial charge in [0.2, 0.25) is 0 Å². The Morgan fingerprint density at radius 3 is 2.74 bits per heavy atom. The van der Waals surface area contributed by atoms with Crippen molar-refractivity contribution in [3.8, 4) is 0 Å². The summed E-state index contributed by atoms with van der Waals surface area (Å²) in [5.41, 5.74) is 0.780. The third kappa shape index (κ3) is 3.80. The SMILES string of the molecule is CCCN(C(=O)c1ccc(Br)cc1)C1CCCNC1. The van der Waals surface area contributed by atoms with E-state index in [1.54, 1.807) is 0 Å². The minimum absolute atomic E-state index is 0.156. The lowest BCUT2D eigenvalue weighted by molar-refractivity contribution is 0.0649. The summed E-state index contributed by atoms with van der Waals surface area (Å²) in [7, 11) is 0. The van der Waals surface area contributed by atoms with E-state index >= 15 is 0 Å². The van der Waals surface area contributed by atoms with Crippen LogP contribution in [-0.4, -0.2) is 36.5 Å². The van der Waals surface area contributed by atoms with Gasteiger partial charge in [-0.05, 0) is 50.1 Å². The summed E-state index contributed by atoms with van der Waals surface area (Å²) in [6.07, 6.45) is 3.26. The average Bonchev–Trinajstić information content (AvgIpc) is 2.46. The second-order valence-corrected chi connectivity index (χ2v) is 5.92. The Hall–Kier alpha value is -0.870. The van der Waals surface area contributed by atoms with Gasteiger partial charge in [0.15, 0.2) is 0 Å². The monoisotopic (exact) mass is 324 g/mol. The van der Waals surface area contributed by atoms with Crippen molar-refractivity contribution < 1.29 is 4.79 Å². The Morgan fingerprint density at radius 1 is 1.42 bits per heavy atom. The van der Waals surface area contributed by atoms with Crippen molar-refractivity contribution in [3.05, 3.63) is 34.3 Å². The van der Waals surface area contributed by atoms with Crippen molar-refractivity contribution in [2.75, 3.05) is 19.6 Å². The number of carbonyl (C=O) groups is 1. The molecule has 1 aromatic rings. The van der Waals surface area contributed by atoms with E-state index in [0.717, 1.165) is 48.9 Å². The van der Waals surface area contributed by atoms with Gasteiger partial charge in [0.1, 0.15) is 0 Å². The highest BCUT2D eigenvalue weighted by Crippen LogP contribution is 2.17. The molecule has 1 heterocycles. The first-order chi connectivity index (χ1) is 9.22. The standard InChI is InChI=1S/C15H21BrN2O/c1-2-10-18(14-4-3-9-17-11-14)15(19)12-5-7-13(16)8-6-12/h5-8,14,17H,2-4,9-11H2,1H3. The maximum Gasteiger partial charge on any atom is 0.254 e. The van der Waals surface area contributed by atoms with Crippen LogP contribution in [0.1, 0.15) is 36.5 Å². The largest absolute Gasteiger partial charge is 0.334 e. The minimum atomic E-state index is 0.156. The first-order valence-corrected chi connectivity index (χ1v) is 7.79. The molecule has 3 nitrogen and oxygen atoms in total. The lowest BCUT2D eigenvalue weighted by Crippen LogP contribution is -2.49. The maximum absolute atomic E-state index is 12.6. The lowest BCUT2D eigenvalue weighted by Gasteiger charge is -2.34. The van der Waals surface area contributed by atoms with Gasteiger partial charge in [-0.3, -0.25) is 4.79 Å². The van der Waals surface area contributed by atoms with E-state index in [0.29, 0.717) is 6.04 Å². The van der Waals surface area contributed by atoms with Gasteiger partial charge in [-0.2, -0.15) is 0 Å². The van der Waals surface area contributed by atoms with E-state index in [9.17, 15) is 4.79 Å². The van der Waals surface area contributed by atoms with Crippen LogP contribution >= 0.6 is 15.9 Å². The van der Waals surface area contributed by atoms with Crippen LogP contribution in [0.4, 0.5) is 0 Å². The molecule has 1 aromatic carbocycles. The van der Waals surface area contributed by atoms with Crippen LogP contribution in [0.2, 0.25) is 0 Å². The Kier molecular flexibility index (Phi) is 5.40. The Balaban J connectivity index is 2.13. The highest BCUT2D eigenvalue weighted by Gasteiger charge is 2.25. The molecule has 0 radical (unpaired) electrons. The molecule has 0 spiro atoms. The predicted molar refractivity (Wildman–Crippen MR) is 81.4 cm³/mol. The van der Waals surface area contributed by atoms with Crippen LogP contribution < -0.4 is 5.32 Å². The molecule has 1 amide bonds. The van der Waals surface area contributed by atoms with Crippen LogP contribution in [0.25, 0.3) is 0 Å². The Labute approximate surface area is 123 Å². The van der Waals surface area contributed by atoms with E-state index in [1.165, 1.54) is 0 Å². The minimum Gasteiger partial charge on any atom is -0.334 e. The number of carbonyl (C=O) groups excluding carboxylic acids is 1. The summed E-state index contributed by atoms with van der Waals surface area (Å²) < 4.78 is 1.01. The number of nitrogens with zero attached hydrogens (tertiary/aromatic N) is 1. The van der Waals surface area contributed by atoms with Crippen LogP contribution in [0.3, 0.4) is 0 Å². The van der Waals surface area contributed by atoms with E-state index in [2.05, 4.69) is 28.2 Å². The molecule has 0 saturated carbocycles. The zero-order valence-electron chi connectivity index (χ0n) is 11.4. The topological polar surface area (TPSA) is 32.3 Å². The molecule has 104 valence electrons. The molecule has 0 aliphatic carbocycles. The maximum atomic E-state index is 12.6. The van der Waals surface area contributed by atoms with Crippen LogP contribution in [0.5, 0.6) is 0 Å². The lowest BCUT2D eigenvalue weighted by atomic mass is 10.0. The molecule has 1 aliphatic heterocycles. The summed E-state index contributed by atoms with van der Waals surface area (Å²) in [4.78, 5) is 14.7.